The molecule has 0 unspecified atom stereocenters. The van der Waals surface area contributed by atoms with E-state index in [4.69, 9.17) is 4.74 Å². The lowest BCUT2D eigenvalue weighted by Crippen LogP contribution is -2.36. The number of aryl methyl sites for hydroxylation is 1. The van der Waals surface area contributed by atoms with Gasteiger partial charge < -0.3 is 15.0 Å². The molecule has 4 rings (SSSR count). The predicted molar refractivity (Wildman–Crippen MR) is 109 cm³/mol. The summed E-state index contributed by atoms with van der Waals surface area (Å²) >= 11 is 1.31. The molecule has 3 heterocycles. The second kappa shape index (κ2) is 8.07. The molecule has 3 aromatic rings. The Morgan fingerprint density at radius 3 is 2.93 bits per heavy atom. The molecule has 2 aromatic heterocycles. The third kappa shape index (κ3) is 3.90. The summed E-state index contributed by atoms with van der Waals surface area (Å²) in [5, 5.41) is 3.60. The van der Waals surface area contributed by atoms with Crippen molar-refractivity contribution in [2.24, 2.45) is 0 Å². The maximum Gasteiger partial charge on any atom is 0.273 e. The van der Waals surface area contributed by atoms with Gasteiger partial charge in [-0.3, -0.25) is 14.2 Å². The minimum atomic E-state index is -0.269. The zero-order chi connectivity index (χ0) is 19.5. The standard InChI is InChI=1S/C19H21N5O3S/c1-2-13-4-3-5-14(10-13)21-15(25)11-24-12-20-17-16(18(24)26)28-19(22-17)23-6-8-27-9-7-23/h3-5,10,12H,2,6-9,11H2,1H3,(H,21,25). The van der Waals surface area contributed by atoms with Crippen LogP contribution in [0.4, 0.5) is 10.8 Å². The Morgan fingerprint density at radius 2 is 2.14 bits per heavy atom. The maximum atomic E-state index is 12.8. The van der Waals surface area contributed by atoms with Gasteiger partial charge in [0, 0.05) is 18.8 Å². The van der Waals surface area contributed by atoms with E-state index in [0.29, 0.717) is 23.6 Å². The van der Waals surface area contributed by atoms with Gasteiger partial charge >= 0.3 is 0 Å². The smallest absolute Gasteiger partial charge is 0.273 e. The topological polar surface area (TPSA) is 89.3 Å². The van der Waals surface area contributed by atoms with Gasteiger partial charge in [-0.05, 0) is 24.1 Å². The van der Waals surface area contributed by atoms with Crippen LogP contribution < -0.4 is 15.8 Å². The van der Waals surface area contributed by atoms with Gasteiger partial charge in [0.05, 0.1) is 13.2 Å². The zero-order valence-corrected chi connectivity index (χ0v) is 16.4. The van der Waals surface area contributed by atoms with Crippen molar-refractivity contribution in [3.63, 3.8) is 0 Å². The van der Waals surface area contributed by atoms with E-state index in [1.165, 1.54) is 22.2 Å². The van der Waals surface area contributed by atoms with Gasteiger partial charge in [0.15, 0.2) is 10.8 Å². The molecule has 0 spiro atoms. The second-order valence-electron chi connectivity index (χ2n) is 6.53. The van der Waals surface area contributed by atoms with Gasteiger partial charge in [-0.15, -0.1) is 0 Å². The van der Waals surface area contributed by atoms with Crippen LogP contribution in [0.3, 0.4) is 0 Å². The third-order valence-corrected chi connectivity index (χ3v) is 5.68. The second-order valence-corrected chi connectivity index (χ2v) is 7.51. The first-order valence-corrected chi connectivity index (χ1v) is 10.0. The first kappa shape index (κ1) is 18.6. The van der Waals surface area contributed by atoms with E-state index < -0.39 is 0 Å². The number of amides is 1. The number of aromatic nitrogens is 3. The van der Waals surface area contributed by atoms with E-state index >= 15 is 0 Å². The Morgan fingerprint density at radius 1 is 1.32 bits per heavy atom. The first-order valence-electron chi connectivity index (χ1n) is 9.21. The van der Waals surface area contributed by atoms with Crippen molar-refractivity contribution in [3.05, 3.63) is 46.5 Å². The van der Waals surface area contributed by atoms with Crippen LogP contribution in [-0.2, 0) is 22.5 Å². The maximum absolute atomic E-state index is 12.8. The summed E-state index contributed by atoms with van der Waals surface area (Å²) in [5.41, 5.74) is 2.03. The molecule has 1 fully saturated rings. The van der Waals surface area contributed by atoms with Crippen molar-refractivity contribution >= 4 is 38.4 Å². The number of carbonyl (C=O) groups excluding carboxylic acids is 1. The average molecular weight is 399 g/mol. The fourth-order valence-corrected chi connectivity index (χ4v) is 4.08. The van der Waals surface area contributed by atoms with Gasteiger partial charge in [0.2, 0.25) is 5.91 Å². The number of rotatable bonds is 5. The SMILES string of the molecule is CCc1cccc(NC(=O)Cn2cnc3nc(N4CCOCC4)sc3c2=O)c1. The number of hydrogen-bond donors (Lipinski definition) is 1. The number of hydrogen-bond acceptors (Lipinski definition) is 7. The number of anilines is 2. The summed E-state index contributed by atoms with van der Waals surface area (Å²) in [6.07, 6.45) is 2.27. The highest BCUT2D eigenvalue weighted by atomic mass is 32.1. The lowest BCUT2D eigenvalue weighted by molar-refractivity contribution is -0.116. The van der Waals surface area contributed by atoms with Crippen LogP contribution in [-0.4, -0.2) is 46.7 Å². The first-order chi connectivity index (χ1) is 13.6. The lowest BCUT2D eigenvalue weighted by Gasteiger charge is -2.25. The largest absolute Gasteiger partial charge is 0.378 e. The summed E-state index contributed by atoms with van der Waals surface area (Å²) in [4.78, 5) is 36.0. The van der Waals surface area contributed by atoms with Crippen molar-refractivity contribution in [1.82, 2.24) is 14.5 Å². The number of morpholine rings is 1. The number of nitrogens with zero attached hydrogens (tertiary/aromatic N) is 4. The highest BCUT2D eigenvalue weighted by molar-refractivity contribution is 7.22. The summed E-state index contributed by atoms with van der Waals surface area (Å²) < 4.78 is 7.14. The molecule has 1 amide bonds. The average Bonchev–Trinajstić information content (AvgIpc) is 3.16. The van der Waals surface area contributed by atoms with Crippen molar-refractivity contribution in [2.75, 3.05) is 36.5 Å². The molecular formula is C19H21N5O3S. The van der Waals surface area contributed by atoms with Gasteiger partial charge in [-0.1, -0.05) is 30.4 Å². The molecule has 8 nitrogen and oxygen atoms in total. The fourth-order valence-electron chi connectivity index (χ4n) is 3.06. The monoisotopic (exact) mass is 399 g/mol. The van der Waals surface area contributed by atoms with Crippen molar-refractivity contribution in [1.29, 1.82) is 0 Å². The normalized spacial score (nSPS) is 14.4. The molecule has 146 valence electrons. The number of nitrogens with one attached hydrogen (secondary N) is 1. The van der Waals surface area contributed by atoms with Crippen molar-refractivity contribution in [3.8, 4) is 0 Å². The van der Waals surface area contributed by atoms with E-state index in [0.717, 1.165) is 35.9 Å². The van der Waals surface area contributed by atoms with Gasteiger partial charge in [0.1, 0.15) is 17.6 Å². The molecular weight excluding hydrogens is 378 g/mol. The number of carbonyl (C=O) groups is 1. The number of fused-ring (bicyclic) bond motifs is 1. The summed E-state index contributed by atoms with van der Waals surface area (Å²) in [6.45, 7) is 4.74. The highest BCUT2D eigenvalue weighted by Crippen LogP contribution is 2.25. The molecule has 0 saturated carbocycles. The van der Waals surface area contributed by atoms with Crippen molar-refractivity contribution < 1.29 is 9.53 Å². The van der Waals surface area contributed by atoms with Gasteiger partial charge in [0.25, 0.3) is 5.56 Å². The van der Waals surface area contributed by atoms with Crippen LogP contribution in [0.5, 0.6) is 0 Å². The van der Waals surface area contributed by atoms with Crippen LogP contribution in [0.2, 0.25) is 0 Å². The Balaban J connectivity index is 1.52. The van der Waals surface area contributed by atoms with E-state index in [1.54, 1.807) is 0 Å². The molecule has 28 heavy (non-hydrogen) atoms. The highest BCUT2D eigenvalue weighted by Gasteiger charge is 2.18. The van der Waals surface area contributed by atoms with Crippen LogP contribution in [0.1, 0.15) is 12.5 Å². The Kier molecular flexibility index (Phi) is 5.36. The Hall–Kier alpha value is -2.78. The number of ether oxygens (including phenoxy) is 1. The lowest BCUT2D eigenvalue weighted by atomic mass is 10.1. The van der Waals surface area contributed by atoms with Crippen LogP contribution in [0, 0.1) is 0 Å². The summed E-state index contributed by atoms with van der Waals surface area (Å²) in [5.74, 6) is -0.269. The van der Waals surface area contributed by atoms with Gasteiger partial charge in [-0.25, -0.2) is 4.98 Å². The van der Waals surface area contributed by atoms with E-state index in [1.807, 2.05) is 24.3 Å². The minimum Gasteiger partial charge on any atom is -0.378 e. The molecule has 9 heteroatoms. The molecule has 1 N–H and O–H groups in total. The van der Waals surface area contributed by atoms with Crippen molar-refractivity contribution in [2.45, 2.75) is 19.9 Å². The number of thiazole rings is 1. The zero-order valence-electron chi connectivity index (χ0n) is 15.6. The molecule has 0 atom stereocenters. The number of benzene rings is 1. The molecule has 0 radical (unpaired) electrons. The van der Waals surface area contributed by atoms with Crippen LogP contribution >= 0.6 is 11.3 Å². The minimum absolute atomic E-state index is 0.0943. The molecule has 1 aliphatic rings. The van der Waals surface area contributed by atoms with E-state index in [-0.39, 0.29) is 18.0 Å². The molecule has 0 bridgehead atoms. The molecule has 1 aromatic carbocycles. The van der Waals surface area contributed by atoms with Crippen LogP contribution in [0.15, 0.2) is 35.4 Å². The Labute approximate surface area is 165 Å². The Bertz CT molecular complexity index is 1060. The molecule has 1 aliphatic heterocycles. The third-order valence-electron chi connectivity index (χ3n) is 4.59. The fraction of sp³-hybridized carbons (Fsp3) is 0.368. The van der Waals surface area contributed by atoms with E-state index in [9.17, 15) is 9.59 Å². The van der Waals surface area contributed by atoms with Gasteiger partial charge in [-0.2, -0.15) is 4.98 Å². The van der Waals surface area contributed by atoms with Crippen LogP contribution in [0.25, 0.3) is 10.3 Å². The van der Waals surface area contributed by atoms with E-state index in [2.05, 4.69) is 27.1 Å². The summed E-state index contributed by atoms with van der Waals surface area (Å²) in [6, 6.07) is 7.67. The molecule has 1 saturated heterocycles. The molecule has 0 aliphatic carbocycles. The predicted octanol–water partition coefficient (Wildman–Crippen LogP) is 1.89. The quantitative estimate of drug-likeness (QED) is 0.705. The summed E-state index contributed by atoms with van der Waals surface area (Å²) in [7, 11) is 0.